The zero-order valence-electron chi connectivity index (χ0n) is 13.6. The van der Waals surface area contributed by atoms with Gasteiger partial charge in [-0.3, -0.25) is 4.90 Å². The Morgan fingerprint density at radius 1 is 1.12 bits per heavy atom. The smallest absolute Gasteiger partial charge is 0.160 e. The van der Waals surface area contributed by atoms with Crippen LogP contribution >= 0.6 is 11.6 Å². The van der Waals surface area contributed by atoms with E-state index in [9.17, 15) is 0 Å². The van der Waals surface area contributed by atoms with E-state index < -0.39 is 0 Å². The van der Waals surface area contributed by atoms with Gasteiger partial charge in [0, 0.05) is 25.3 Å². The fourth-order valence-electron chi connectivity index (χ4n) is 3.64. The third kappa shape index (κ3) is 3.04. The summed E-state index contributed by atoms with van der Waals surface area (Å²) in [6, 6.07) is 15.1. The second-order valence-electron chi connectivity index (χ2n) is 6.37. The van der Waals surface area contributed by atoms with E-state index in [1.807, 2.05) is 18.3 Å². The molecule has 0 unspecified atom stereocenters. The van der Waals surface area contributed by atoms with E-state index in [-0.39, 0.29) is 0 Å². The molecule has 0 aliphatic carbocycles. The Labute approximate surface area is 147 Å². The molecule has 0 spiro atoms. The third-order valence-corrected chi connectivity index (χ3v) is 5.06. The van der Waals surface area contributed by atoms with E-state index in [0.29, 0.717) is 11.9 Å². The monoisotopic (exact) mass is 340 g/mol. The van der Waals surface area contributed by atoms with Gasteiger partial charge in [-0.05, 0) is 37.1 Å². The molecule has 1 saturated heterocycles. The number of likely N-dealkylation sites (tertiary alicyclic amines) is 1. The van der Waals surface area contributed by atoms with Crippen molar-refractivity contribution in [1.29, 1.82) is 0 Å². The molecule has 0 bridgehead atoms. The summed E-state index contributed by atoms with van der Waals surface area (Å²) in [5, 5.41) is 0. The van der Waals surface area contributed by atoms with Crippen LogP contribution < -0.4 is 0 Å². The number of pyridine rings is 1. The molecule has 0 amide bonds. The fraction of sp³-hybridized carbons (Fsp3) is 0.368. The average molecular weight is 341 g/mol. The Morgan fingerprint density at radius 3 is 2.83 bits per heavy atom. The van der Waals surface area contributed by atoms with Gasteiger partial charge in [0.05, 0.1) is 5.88 Å². The van der Waals surface area contributed by atoms with Crippen LogP contribution in [-0.2, 0) is 19.0 Å². The highest BCUT2D eigenvalue weighted by Crippen LogP contribution is 2.24. The summed E-state index contributed by atoms with van der Waals surface area (Å²) >= 11 is 6.13. The number of nitrogens with zero attached hydrogens (tertiary/aromatic N) is 4. The number of hydrogen-bond donors (Lipinski definition) is 0. The molecule has 3 heterocycles. The molecular formula is C19H21ClN4. The SMILES string of the molecule is ClCc1nc2cccnc2n1C[C@H]1CCCN1Cc1ccccc1. The summed E-state index contributed by atoms with van der Waals surface area (Å²) in [4.78, 5) is 11.7. The first-order valence-corrected chi connectivity index (χ1v) is 9.02. The average Bonchev–Trinajstić information content (AvgIpc) is 3.21. The van der Waals surface area contributed by atoms with Crippen LogP contribution in [-0.4, -0.2) is 32.0 Å². The number of rotatable bonds is 5. The van der Waals surface area contributed by atoms with Gasteiger partial charge in [0.2, 0.25) is 0 Å². The van der Waals surface area contributed by atoms with Gasteiger partial charge in [-0.15, -0.1) is 11.6 Å². The largest absolute Gasteiger partial charge is 0.310 e. The Hall–Kier alpha value is -1.91. The van der Waals surface area contributed by atoms with Gasteiger partial charge in [-0.2, -0.15) is 0 Å². The number of halogens is 1. The second kappa shape index (κ2) is 6.91. The molecular weight excluding hydrogens is 320 g/mol. The molecule has 5 heteroatoms. The van der Waals surface area contributed by atoms with E-state index in [0.717, 1.165) is 36.6 Å². The number of imidazole rings is 1. The van der Waals surface area contributed by atoms with Crippen molar-refractivity contribution in [1.82, 2.24) is 19.4 Å². The van der Waals surface area contributed by atoms with E-state index in [1.165, 1.54) is 18.4 Å². The highest BCUT2D eigenvalue weighted by Gasteiger charge is 2.26. The number of alkyl halides is 1. The first-order valence-electron chi connectivity index (χ1n) is 8.49. The molecule has 4 rings (SSSR count). The van der Waals surface area contributed by atoms with Crippen LogP contribution in [0.5, 0.6) is 0 Å². The lowest BCUT2D eigenvalue weighted by molar-refractivity contribution is 0.224. The Balaban J connectivity index is 1.58. The summed E-state index contributed by atoms with van der Waals surface area (Å²) in [6.07, 6.45) is 4.28. The lowest BCUT2D eigenvalue weighted by atomic mass is 10.2. The van der Waals surface area contributed by atoms with Crippen molar-refractivity contribution in [3.8, 4) is 0 Å². The molecule has 3 aromatic rings. The van der Waals surface area contributed by atoms with Crippen molar-refractivity contribution >= 4 is 22.8 Å². The van der Waals surface area contributed by atoms with Crippen molar-refractivity contribution in [2.24, 2.45) is 0 Å². The number of aromatic nitrogens is 3. The maximum Gasteiger partial charge on any atom is 0.160 e. The minimum Gasteiger partial charge on any atom is -0.310 e. The summed E-state index contributed by atoms with van der Waals surface area (Å²) < 4.78 is 2.20. The molecule has 2 aromatic heterocycles. The van der Waals surface area contributed by atoms with Crippen LogP contribution in [0.3, 0.4) is 0 Å². The quantitative estimate of drug-likeness (QED) is 0.662. The van der Waals surface area contributed by atoms with Gasteiger partial charge in [0.1, 0.15) is 11.3 Å². The standard InChI is InChI=1S/C19H21ClN4/c20-12-18-22-17-9-4-10-21-19(17)24(18)14-16-8-5-11-23(16)13-15-6-2-1-3-7-15/h1-4,6-7,9-10,16H,5,8,11-14H2/t16-/m1/s1. The molecule has 0 radical (unpaired) electrons. The molecule has 0 N–H and O–H groups in total. The Bertz CT molecular complexity index is 815. The van der Waals surface area contributed by atoms with Gasteiger partial charge in [0.25, 0.3) is 0 Å². The molecule has 0 saturated carbocycles. The topological polar surface area (TPSA) is 34.0 Å². The zero-order valence-corrected chi connectivity index (χ0v) is 14.4. The summed E-state index contributed by atoms with van der Waals surface area (Å²) in [6.45, 7) is 3.06. The molecule has 1 atom stereocenters. The molecule has 1 aliphatic rings. The molecule has 1 fully saturated rings. The van der Waals surface area contributed by atoms with E-state index >= 15 is 0 Å². The van der Waals surface area contributed by atoms with Gasteiger partial charge < -0.3 is 4.57 Å². The summed E-state index contributed by atoms with van der Waals surface area (Å²) in [7, 11) is 0. The van der Waals surface area contributed by atoms with Crippen molar-refractivity contribution in [3.05, 3.63) is 60.0 Å². The summed E-state index contributed by atoms with van der Waals surface area (Å²) in [5.74, 6) is 1.33. The Kier molecular flexibility index (Phi) is 4.50. The first-order chi connectivity index (χ1) is 11.8. The predicted octanol–water partition coefficient (Wildman–Crippen LogP) is 3.83. The molecule has 1 aromatic carbocycles. The number of fused-ring (bicyclic) bond motifs is 1. The van der Waals surface area contributed by atoms with Gasteiger partial charge in [0.15, 0.2) is 5.65 Å². The predicted molar refractivity (Wildman–Crippen MR) is 97.0 cm³/mol. The summed E-state index contributed by atoms with van der Waals surface area (Å²) in [5.41, 5.74) is 3.25. The zero-order chi connectivity index (χ0) is 16.4. The lowest BCUT2D eigenvalue weighted by Crippen LogP contribution is -2.33. The minimum absolute atomic E-state index is 0.418. The van der Waals surface area contributed by atoms with Gasteiger partial charge >= 0.3 is 0 Å². The molecule has 4 nitrogen and oxygen atoms in total. The normalized spacial score (nSPS) is 18.5. The highest BCUT2D eigenvalue weighted by molar-refractivity contribution is 6.16. The van der Waals surface area contributed by atoms with E-state index in [4.69, 9.17) is 11.6 Å². The van der Waals surface area contributed by atoms with Crippen LogP contribution in [0.25, 0.3) is 11.2 Å². The van der Waals surface area contributed by atoms with E-state index in [1.54, 1.807) is 0 Å². The number of hydrogen-bond acceptors (Lipinski definition) is 3. The van der Waals surface area contributed by atoms with Crippen LogP contribution in [0.15, 0.2) is 48.7 Å². The fourth-order valence-corrected chi connectivity index (χ4v) is 3.84. The van der Waals surface area contributed by atoms with Crippen molar-refractivity contribution in [2.45, 2.75) is 37.9 Å². The maximum absolute atomic E-state index is 6.13. The number of benzene rings is 1. The van der Waals surface area contributed by atoms with Crippen LogP contribution in [0.4, 0.5) is 0 Å². The highest BCUT2D eigenvalue weighted by atomic mass is 35.5. The lowest BCUT2D eigenvalue weighted by Gasteiger charge is -2.25. The van der Waals surface area contributed by atoms with Crippen LogP contribution in [0.2, 0.25) is 0 Å². The molecule has 1 aliphatic heterocycles. The van der Waals surface area contributed by atoms with Crippen molar-refractivity contribution < 1.29 is 0 Å². The first kappa shape index (κ1) is 15.6. The minimum atomic E-state index is 0.418. The maximum atomic E-state index is 6.13. The third-order valence-electron chi connectivity index (χ3n) is 4.82. The van der Waals surface area contributed by atoms with Gasteiger partial charge in [-0.25, -0.2) is 9.97 Å². The second-order valence-corrected chi connectivity index (χ2v) is 6.64. The molecule has 24 heavy (non-hydrogen) atoms. The van der Waals surface area contributed by atoms with Crippen LogP contribution in [0.1, 0.15) is 24.2 Å². The van der Waals surface area contributed by atoms with Crippen molar-refractivity contribution in [3.63, 3.8) is 0 Å². The van der Waals surface area contributed by atoms with Crippen LogP contribution in [0, 0.1) is 0 Å². The van der Waals surface area contributed by atoms with Crippen molar-refractivity contribution in [2.75, 3.05) is 6.54 Å². The molecule has 124 valence electrons. The Morgan fingerprint density at radius 2 is 2.00 bits per heavy atom. The van der Waals surface area contributed by atoms with E-state index in [2.05, 4.69) is 49.8 Å². The van der Waals surface area contributed by atoms with Gasteiger partial charge in [-0.1, -0.05) is 30.3 Å².